The second kappa shape index (κ2) is 14.7. The van der Waals surface area contributed by atoms with Gasteiger partial charge in [0.1, 0.15) is 23.2 Å². The number of carbonyl (C=O) groups excluding carboxylic acids is 2. The number of hydrogen-bond acceptors (Lipinski definition) is 12. The fourth-order valence-corrected chi connectivity index (χ4v) is 10.8. The highest BCUT2D eigenvalue weighted by atomic mass is 32.2. The van der Waals surface area contributed by atoms with Crippen molar-refractivity contribution in [2.45, 2.75) is 50.3 Å². The van der Waals surface area contributed by atoms with Gasteiger partial charge >= 0.3 is 16.2 Å². The summed E-state index contributed by atoms with van der Waals surface area (Å²) in [4.78, 5) is 48.4. The van der Waals surface area contributed by atoms with E-state index >= 15 is 8.78 Å². The van der Waals surface area contributed by atoms with Crippen molar-refractivity contribution >= 4 is 61.1 Å². The Morgan fingerprint density at radius 3 is 2.54 bits per heavy atom. The Labute approximate surface area is 359 Å². The zero-order chi connectivity index (χ0) is 44.2. The quantitative estimate of drug-likeness (QED) is 0.205. The summed E-state index contributed by atoms with van der Waals surface area (Å²) in [6.45, 7) is 5.23. The van der Waals surface area contributed by atoms with E-state index < -0.39 is 33.4 Å². The Bertz CT molecular complexity index is 2970. The molecule has 1 atom stereocenters. The third kappa shape index (κ3) is 6.83. The molecule has 2 spiro atoms. The first-order chi connectivity index (χ1) is 30.1. The molecule has 3 aromatic carbocycles. The molecule has 18 nitrogen and oxygen atoms in total. The van der Waals surface area contributed by atoms with E-state index in [0.717, 1.165) is 55.5 Å². The molecule has 10 rings (SSSR count). The van der Waals surface area contributed by atoms with Gasteiger partial charge in [-0.2, -0.15) is 23.1 Å². The second-order valence-corrected chi connectivity index (χ2v) is 19.1. The average molecular weight is 884 g/mol. The highest BCUT2D eigenvalue weighted by Crippen LogP contribution is 2.54. The van der Waals surface area contributed by atoms with Crippen molar-refractivity contribution in [3.05, 3.63) is 76.3 Å². The normalized spacial score (nSPS) is 20.9. The number of anilines is 3. The number of rotatable bonds is 10. The molecule has 2 N–H and O–H groups in total. The van der Waals surface area contributed by atoms with E-state index in [1.54, 1.807) is 35.4 Å². The molecule has 2 aromatic heterocycles. The van der Waals surface area contributed by atoms with E-state index in [9.17, 15) is 28.1 Å². The largest absolute Gasteiger partial charge is 0.453 e. The number of halogens is 2. The fourth-order valence-electron chi connectivity index (χ4n) is 9.81. The first kappa shape index (κ1) is 40.8. The van der Waals surface area contributed by atoms with Crippen LogP contribution in [0.15, 0.2) is 53.6 Å². The fraction of sp³-hybridized carbons (Fsp3) is 0.429. The lowest BCUT2D eigenvalue weighted by atomic mass is 9.59. The van der Waals surface area contributed by atoms with Gasteiger partial charge in [-0.05, 0) is 55.3 Å². The molecule has 6 heterocycles. The lowest BCUT2D eigenvalue weighted by Crippen LogP contribution is -2.72. The number of urea groups is 1. The van der Waals surface area contributed by atoms with Crippen molar-refractivity contribution in [1.29, 1.82) is 5.26 Å². The average Bonchev–Trinajstić information content (AvgIpc) is 3.79. The van der Waals surface area contributed by atoms with Gasteiger partial charge < -0.3 is 14.4 Å². The summed E-state index contributed by atoms with van der Waals surface area (Å²) in [6.07, 6.45) is 4.24. The van der Waals surface area contributed by atoms with Gasteiger partial charge in [0.2, 0.25) is 5.91 Å². The van der Waals surface area contributed by atoms with E-state index in [4.69, 9.17) is 9.47 Å². The first-order valence-electron chi connectivity index (χ1n) is 20.6. The minimum absolute atomic E-state index is 0.0560. The van der Waals surface area contributed by atoms with Crippen molar-refractivity contribution in [2.24, 2.45) is 12.5 Å². The zero-order valence-electron chi connectivity index (χ0n) is 34.6. The molecule has 1 saturated carbocycles. The van der Waals surface area contributed by atoms with Crippen LogP contribution in [0.3, 0.4) is 0 Å². The summed E-state index contributed by atoms with van der Waals surface area (Å²) >= 11 is 0. The predicted octanol–water partition coefficient (Wildman–Crippen LogP) is 3.96. The van der Waals surface area contributed by atoms with Crippen LogP contribution in [0, 0.1) is 28.4 Å². The van der Waals surface area contributed by atoms with Gasteiger partial charge in [-0.1, -0.05) is 6.92 Å². The van der Waals surface area contributed by atoms with Gasteiger partial charge in [0.05, 0.1) is 52.4 Å². The minimum atomic E-state index is -4.02. The summed E-state index contributed by atoms with van der Waals surface area (Å²) in [5, 5.41) is 17.4. The number of ether oxygens (including phenoxy) is 2. The number of hydrogen-bond donors (Lipinski definition) is 2. The third-order valence-electron chi connectivity index (χ3n) is 13.3. The molecular weight excluding hydrogens is 841 g/mol. The van der Waals surface area contributed by atoms with Crippen LogP contribution in [-0.4, -0.2) is 113 Å². The van der Waals surface area contributed by atoms with Gasteiger partial charge in [0.15, 0.2) is 17.4 Å². The summed E-state index contributed by atoms with van der Waals surface area (Å²) in [5.74, 6) is -1.76. The lowest BCUT2D eigenvalue weighted by Gasteiger charge is -2.64. The number of fused-ring (bicyclic) bond motifs is 2. The lowest BCUT2D eigenvalue weighted by molar-refractivity contribution is -0.158. The standard InChI is InChI=1S/C42H43F2N11O7S/c1-4-50(2)63(59,60)49-33-8-6-30(43)37(29(33)17-45)62-26-5-7-32-27(11-26)39(57)55(23-46-32)25-16-42(61-18-25)21-52(22-42)24-14-41(15-24)19-53(20-41)35-13-34-28(12-31(35)44)38(48-51(34)3)54-10-9-36(56)47-40(54)58/h5-8,11-13,23-25,49H,4,9-10,14-16,18-22H2,1-3H3,(H,47,56,58). The minimum Gasteiger partial charge on any atom is -0.453 e. The monoisotopic (exact) mass is 883 g/mol. The van der Waals surface area contributed by atoms with Gasteiger partial charge in [-0.3, -0.25) is 38.7 Å². The summed E-state index contributed by atoms with van der Waals surface area (Å²) in [5.41, 5.74) is 0.427. The Morgan fingerprint density at radius 1 is 1.03 bits per heavy atom. The molecule has 5 aromatic rings. The number of carbonyl (C=O) groups is 2. The van der Waals surface area contributed by atoms with Crippen molar-refractivity contribution in [3.8, 4) is 17.6 Å². The number of likely N-dealkylation sites (tertiary alicyclic amines) is 1. The second-order valence-electron chi connectivity index (χ2n) is 17.4. The topological polar surface area (TPSA) is 200 Å². The first-order valence-corrected chi connectivity index (χ1v) is 22.1. The molecule has 0 radical (unpaired) electrons. The predicted molar refractivity (Wildman–Crippen MR) is 226 cm³/mol. The van der Waals surface area contributed by atoms with Crippen LogP contribution in [0.5, 0.6) is 11.5 Å². The number of aromatic nitrogens is 4. The van der Waals surface area contributed by atoms with E-state index in [-0.39, 0.29) is 70.6 Å². The summed E-state index contributed by atoms with van der Waals surface area (Å²) < 4.78 is 74.8. The van der Waals surface area contributed by atoms with Crippen molar-refractivity contribution in [1.82, 2.24) is 33.9 Å². The highest BCUT2D eigenvalue weighted by molar-refractivity contribution is 7.90. The molecule has 1 aliphatic carbocycles. The Morgan fingerprint density at radius 2 is 1.81 bits per heavy atom. The Hall–Kier alpha value is -6.21. The Kier molecular flexibility index (Phi) is 9.52. The van der Waals surface area contributed by atoms with Crippen LogP contribution in [0.1, 0.15) is 44.2 Å². The zero-order valence-corrected chi connectivity index (χ0v) is 35.4. The molecule has 3 amide bonds. The van der Waals surface area contributed by atoms with Crippen molar-refractivity contribution < 1.29 is 36.3 Å². The third-order valence-corrected chi connectivity index (χ3v) is 14.9. The highest BCUT2D eigenvalue weighted by Gasteiger charge is 2.59. The number of aryl methyl sites for hydroxylation is 1. The van der Waals surface area contributed by atoms with Crippen molar-refractivity contribution in [2.75, 3.05) is 67.4 Å². The maximum atomic E-state index is 15.6. The van der Waals surface area contributed by atoms with Gasteiger partial charge in [-0.15, -0.1) is 0 Å². The van der Waals surface area contributed by atoms with E-state index in [0.29, 0.717) is 47.0 Å². The van der Waals surface area contributed by atoms with Crippen LogP contribution >= 0.6 is 0 Å². The van der Waals surface area contributed by atoms with E-state index in [2.05, 4.69) is 29.9 Å². The van der Waals surface area contributed by atoms with Gasteiger partial charge in [0, 0.05) is 83.0 Å². The van der Waals surface area contributed by atoms with Crippen LogP contribution in [-0.2, 0) is 26.8 Å². The number of nitrogens with one attached hydrogen (secondary N) is 2. The van der Waals surface area contributed by atoms with Gasteiger partial charge in [0.25, 0.3) is 5.56 Å². The smallest absolute Gasteiger partial charge is 0.329 e. The number of benzene rings is 3. The molecule has 21 heteroatoms. The number of nitriles is 1. The molecule has 5 aliphatic rings. The number of imide groups is 1. The maximum Gasteiger partial charge on any atom is 0.329 e. The maximum absolute atomic E-state index is 15.6. The molecule has 5 fully saturated rings. The van der Waals surface area contributed by atoms with Crippen LogP contribution in [0.4, 0.5) is 30.8 Å². The van der Waals surface area contributed by atoms with Crippen LogP contribution in [0.25, 0.3) is 21.8 Å². The molecular formula is C42H43F2N11O7S. The Balaban J connectivity index is 0.767. The molecule has 328 valence electrons. The number of amides is 3. The van der Waals surface area contributed by atoms with Crippen LogP contribution < -0.4 is 30.1 Å². The molecule has 4 saturated heterocycles. The summed E-state index contributed by atoms with van der Waals surface area (Å²) in [6, 6.07) is 11.2. The van der Waals surface area contributed by atoms with Gasteiger partial charge in [-0.25, -0.2) is 18.6 Å². The molecule has 63 heavy (non-hydrogen) atoms. The molecule has 0 bridgehead atoms. The van der Waals surface area contributed by atoms with Crippen molar-refractivity contribution in [3.63, 3.8) is 0 Å². The number of nitrogens with zero attached hydrogens (tertiary/aromatic N) is 9. The molecule has 4 aliphatic heterocycles. The van der Waals surface area contributed by atoms with Crippen LogP contribution in [0.2, 0.25) is 0 Å². The SMILES string of the molecule is CCN(C)S(=O)(=O)Nc1ccc(F)c(Oc2ccc3ncn(C4COC5(C4)CN(C4CC6(C4)CN(c4cc7c(cc4F)c(N4CCC(=O)NC4=O)nn7C)C6)C5)c(=O)c3c2)c1C#N. The van der Waals surface area contributed by atoms with E-state index in [1.807, 2.05) is 6.07 Å². The molecule has 1 unspecified atom stereocenters. The summed E-state index contributed by atoms with van der Waals surface area (Å²) in [7, 11) is -0.913. The van der Waals surface area contributed by atoms with E-state index in [1.165, 1.54) is 36.5 Å².